The van der Waals surface area contributed by atoms with Crippen molar-refractivity contribution in [1.29, 1.82) is 0 Å². The quantitative estimate of drug-likeness (QED) is 0.363. The standard InChI is InChI=1S/C28H34N2O3/c1-20(24-12-6-10-22-9-4-5-11-25(22)24)29-18-7-8-21-13-15-23(16-14-21)28(2,3)27(33)30-19-17-26(31)32/h4-6,9-16,20,29H,7-8,17-19H2,1-3H3,(H,30,33)(H,31,32)/t20-/m1/s1. The minimum atomic E-state index is -0.918. The summed E-state index contributed by atoms with van der Waals surface area (Å²) in [5.74, 6) is -1.08. The lowest BCUT2D eigenvalue weighted by atomic mass is 9.83. The number of nitrogens with one attached hydrogen (secondary N) is 2. The highest BCUT2D eigenvalue weighted by molar-refractivity contribution is 5.87. The first-order valence-electron chi connectivity index (χ1n) is 11.6. The molecule has 0 aromatic heterocycles. The molecule has 0 aliphatic heterocycles. The van der Waals surface area contributed by atoms with Crippen LogP contribution in [0, 0.1) is 0 Å². The minimum Gasteiger partial charge on any atom is -0.481 e. The number of carboxylic acids is 1. The van der Waals surface area contributed by atoms with Crippen LogP contribution in [0.15, 0.2) is 66.7 Å². The summed E-state index contributed by atoms with van der Waals surface area (Å²) < 4.78 is 0. The number of aryl methyl sites for hydroxylation is 1. The molecule has 0 saturated heterocycles. The second-order valence-electron chi connectivity index (χ2n) is 9.07. The Morgan fingerprint density at radius 3 is 2.36 bits per heavy atom. The van der Waals surface area contributed by atoms with Crippen LogP contribution in [-0.4, -0.2) is 30.1 Å². The summed E-state index contributed by atoms with van der Waals surface area (Å²) in [6, 6.07) is 23.4. The van der Waals surface area contributed by atoms with E-state index in [0.29, 0.717) is 0 Å². The van der Waals surface area contributed by atoms with Gasteiger partial charge in [0.2, 0.25) is 5.91 Å². The molecule has 0 spiro atoms. The van der Waals surface area contributed by atoms with E-state index in [0.717, 1.165) is 24.9 Å². The highest BCUT2D eigenvalue weighted by Crippen LogP contribution is 2.25. The van der Waals surface area contributed by atoms with Crippen molar-refractivity contribution < 1.29 is 14.7 Å². The summed E-state index contributed by atoms with van der Waals surface area (Å²) in [5, 5.41) is 17.7. The average molecular weight is 447 g/mol. The van der Waals surface area contributed by atoms with Crippen molar-refractivity contribution in [2.24, 2.45) is 0 Å². The number of hydrogen-bond acceptors (Lipinski definition) is 3. The molecule has 3 N–H and O–H groups in total. The molecule has 0 aliphatic rings. The minimum absolute atomic E-state index is 0.0755. The third kappa shape index (κ3) is 6.42. The van der Waals surface area contributed by atoms with Gasteiger partial charge in [0, 0.05) is 12.6 Å². The lowest BCUT2D eigenvalue weighted by molar-refractivity contribution is -0.137. The Balaban J connectivity index is 1.49. The maximum absolute atomic E-state index is 12.5. The first-order chi connectivity index (χ1) is 15.8. The van der Waals surface area contributed by atoms with Gasteiger partial charge >= 0.3 is 5.97 Å². The van der Waals surface area contributed by atoms with Crippen molar-refractivity contribution in [2.45, 2.75) is 51.5 Å². The zero-order valence-electron chi connectivity index (χ0n) is 19.7. The first kappa shape index (κ1) is 24.5. The average Bonchev–Trinajstić information content (AvgIpc) is 2.81. The fourth-order valence-corrected chi connectivity index (χ4v) is 4.07. The number of carbonyl (C=O) groups is 2. The zero-order chi connectivity index (χ0) is 23.8. The van der Waals surface area contributed by atoms with E-state index in [1.165, 1.54) is 21.9 Å². The second kappa shape index (κ2) is 11.1. The molecule has 1 atom stereocenters. The second-order valence-corrected chi connectivity index (χ2v) is 9.07. The largest absolute Gasteiger partial charge is 0.481 e. The van der Waals surface area contributed by atoms with E-state index in [1.807, 2.05) is 26.0 Å². The van der Waals surface area contributed by atoms with Crippen LogP contribution in [0.5, 0.6) is 0 Å². The van der Waals surface area contributed by atoms with Crippen LogP contribution in [0.1, 0.15) is 56.3 Å². The van der Waals surface area contributed by atoms with Gasteiger partial charge in [0.25, 0.3) is 0 Å². The van der Waals surface area contributed by atoms with Crippen LogP contribution in [0.25, 0.3) is 10.8 Å². The summed E-state index contributed by atoms with van der Waals surface area (Å²) in [4.78, 5) is 23.1. The molecule has 5 heteroatoms. The van der Waals surface area contributed by atoms with Crippen molar-refractivity contribution in [3.8, 4) is 0 Å². The van der Waals surface area contributed by atoms with Crippen LogP contribution in [0.4, 0.5) is 0 Å². The van der Waals surface area contributed by atoms with Gasteiger partial charge in [-0.2, -0.15) is 0 Å². The smallest absolute Gasteiger partial charge is 0.305 e. The summed E-state index contributed by atoms with van der Waals surface area (Å²) in [7, 11) is 0. The molecule has 33 heavy (non-hydrogen) atoms. The summed E-state index contributed by atoms with van der Waals surface area (Å²) in [5.41, 5.74) is 2.76. The van der Waals surface area contributed by atoms with Gasteiger partial charge in [-0.25, -0.2) is 0 Å². The molecule has 0 aliphatic carbocycles. The molecule has 174 valence electrons. The first-order valence-corrected chi connectivity index (χ1v) is 11.6. The van der Waals surface area contributed by atoms with Crippen molar-refractivity contribution in [2.75, 3.05) is 13.1 Å². The molecule has 0 radical (unpaired) electrons. The highest BCUT2D eigenvalue weighted by atomic mass is 16.4. The van der Waals surface area contributed by atoms with Gasteiger partial charge in [0.1, 0.15) is 0 Å². The van der Waals surface area contributed by atoms with E-state index in [9.17, 15) is 9.59 Å². The van der Waals surface area contributed by atoms with Gasteiger partial charge in [0.15, 0.2) is 0 Å². The van der Waals surface area contributed by atoms with Crippen molar-refractivity contribution in [3.05, 3.63) is 83.4 Å². The van der Waals surface area contributed by atoms with Crippen LogP contribution in [-0.2, 0) is 21.4 Å². The van der Waals surface area contributed by atoms with Gasteiger partial charge in [-0.1, -0.05) is 66.7 Å². The van der Waals surface area contributed by atoms with Crippen LogP contribution >= 0.6 is 0 Å². The van der Waals surface area contributed by atoms with Crippen molar-refractivity contribution >= 4 is 22.6 Å². The highest BCUT2D eigenvalue weighted by Gasteiger charge is 2.29. The molecule has 3 aromatic rings. The van der Waals surface area contributed by atoms with Crippen molar-refractivity contribution in [3.63, 3.8) is 0 Å². The molecule has 0 fully saturated rings. The molecule has 0 bridgehead atoms. The number of hydrogen-bond donors (Lipinski definition) is 3. The topological polar surface area (TPSA) is 78.4 Å². The Morgan fingerprint density at radius 2 is 1.64 bits per heavy atom. The Labute approximate surface area is 196 Å². The maximum Gasteiger partial charge on any atom is 0.305 e. The molecule has 0 saturated carbocycles. The van der Waals surface area contributed by atoms with E-state index in [1.54, 1.807) is 0 Å². The number of carbonyl (C=O) groups excluding carboxylic acids is 1. The Kier molecular flexibility index (Phi) is 8.23. The van der Waals surface area contributed by atoms with E-state index in [2.05, 4.69) is 72.2 Å². The summed E-state index contributed by atoms with van der Waals surface area (Å²) >= 11 is 0. The van der Waals surface area contributed by atoms with Gasteiger partial charge in [0.05, 0.1) is 11.8 Å². The third-order valence-electron chi connectivity index (χ3n) is 6.25. The molecule has 5 nitrogen and oxygen atoms in total. The van der Waals surface area contributed by atoms with Crippen molar-refractivity contribution in [1.82, 2.24) is 10.6 Å². The molecule has 3 rings (SSSR count). The molecule has 0 heterocycles. The fourth-order valence-electron chi connectivity index (χ4n) is 4.07. The lowest BCUT2D eigenvalue weighted by Gasteiger charge is -2.24. The third-order valence-corrected chi connectivity index (χ3v) is 6.25. The van der Waals surface area contributed by atoms with Crippen LogP contribution in [0.3, 0.4) is 0 Å². The van der Waals surface area contributed by atoms with Gasteiger partial charge in [-0.05, 0) is 67.6 Å². The monoisotopic (exact) mass is 446 g/mol. The number of carboxylic acid groups (broad SMARTS) is 1. The number of aliphatic carboxylic acids is 1. The Morgan fingerprint density at radius 1 is 0.939 bits per heavy atom. The SMILES string of the molecule is C[C@@H](NCCCc1ccc(C(C)(C)C(=O)NCCC(=O)O)cc1)c1cccc2ccccc12. The van der Waals surface area contributed by atoms with Gasteiger partial charge in [-0.3, -0.25) is 9.59 Å². The number of rotatable bonds is 11. The van der Waals surface area contributed by atoms with E-state index in [-0.39, 0.29) is 24.9 Å². The fraction of sp³-hybridized carbons (Fsp3) is 0.357. The van der Waals surface area contributed by atoms with E-state index >= 15 is 0 Å². The predicted octanol–water partition coefficient (Wildman–Crippen LogP) is 4.99. The number of fused-ring (bicyclic) bond motifs is 1. The van der Waals surface area contributed by atoms with E-state index < -0.39 is 11.4 Å². The van der Waals surface area contributed by atoms with Crippen LogP contribution in [0.2, 0.25) is 0 Å². The Bertz CT molecular complexity index is 1080. The molecule has 3 aromatic carbocycles. The number of amides is 1. The molecular weight excluding hydrogens is 412 g/mol. The summed E-state index contributed by atoms with van der Waals surface area (Å²) in [6.45, 7) is 6.98. The molecular formula is C28H34N2O3. The summed E-state index contributed by atoms with van der Waals surface area (Å²) in [6.07, 6.45) is 1.90. The number of benzene rings is 3. The molecule has 0 unspecified atom stereocenters. The van der Waals surface area contributed by atoms with Crippen LogP contribution < -0.4 is 10.6 Å². The Hall–Kier alpha value is -3.18. The normalized spacial score (nSPS) is 12.5. The zero-order valence-corrected chi connectivity index (χ0v) is 19.7. The van der Waals surface area contributed by atoms with Gasteiger partial charge in [-0.15, -0.1) is 0 Å². The van der Waals surface area contributed by atoms with E-state index in [4.69, 9.17) is 5.11 Å². The lowest BCUT2D eigenvalue weighted by Crippen LogP contribution is -2.40. The van der Waals surface area contributed by atoms with Gasteiger partial charge < -0.3 is 15.7 Å². The molecule has 1 amide bonds. The predicted molar refractivity (Wildman–Crippen MR) is 133 cm³/mol. The maximum atomic E-state index is 12.5.